The molecule has 0 aliphatic heterocycles. The van der Waals surface area contributed by atoms with Gasteiger partial charge in [-0.05, 0) is 25.0 Å². The van der Waals surface area contributed by atoms with Gasteiger partial charge in [-0.15, -0.1) is 0 Å². The van der Waals surface area contributed by atoms with Crippen LogP contribution in [0.15, 0.2) is 30.3 Å². The van der Waals surface area contributed by atoms with E-state index in [1.54, 1.807) is 0 Å². The third kappa shape index (κ3) is 3.98. The van der Waals surface area contributed by atoms with Gasteiger partial charge < -0.3 is 10.4 Å². The van der Waals surface area contributed by atoms with Crippen LogP contribution in [0.2, 0.25) is 0 Å². The van der Waals surface area contributed by atoms with E-state index in [1.165, 1.54) is 4.90 Å². The number of carboxylic acid groups (broad SMARTS) is 1. The second kappa shape index (κ2) is 7.53. The smallest absolute Gasteiger partial charge is 0.326 e. The summed E-state index contributed by atoms with van der Waals surface area (Å²) in [5.74, 6) is -1.12. The van der Waals surface area contributed by atoms with Gasteiger partial charge >= 0.3 is 12.0 Å². The number of nitrogens with zero attached hydrogens (tertiary/aromatic N) is 1. The average Bonchev–Trinajstić information content (AvgIpc) is 2.45. The maximum Gasteiger partial charge on any atom is 0.326 e. The number of nitrogens with one attached hydrogen (secondary N) is 1. The predicted octanol–water partition coefficient (Wildman–Crippen LogP) is 2.72. The van der Waals surface area contributed by atoms with Crippen LogP contribution >= 0.6 is 0 Å². The maximum atomic E-state index is 12.3. The summed E-state index contributed by atoms with van der Waals surface area (Å²) in [6.45, 7) is 6.05. The zero-order valence-corrected chi connectivity index (χ0v) is 12.2. The Labute approximate surface area is 119 Å². The molecule has 0 saturated heterocycles. The summed E-state index contributed by atoms with van der Waals surface area (Å²) in [5.41, 5.74) is 0.751. The molecule has 2 atom stereocenters. The molecule has 1 aromatic rings. The zero-order chi connectivity index (χ0) is 15.1. The number of para-hydroxylation sites is 1. The van der Waals surface area contributed by atoms with Crippen LogP contribution in [-0.2, 0) is 4.79 Å². The largest absolute Gasteiger partial charge is 0.480 e. The number of amides is 2. The van der Waals surface area contributed by atoms with Crippen molar-refractivity contribution in [2.24, 2.45) is 5.92 Å². The zero-order valence-electron chi connectivity index (χ0n) is 12.2. The molecule has 0 saturated carbocycles. The predicted molar refractivity (Wildman–Crippen MR) is 78.9 cm³/mol. The summed E-state index contributed by atoms with van der Waals surface area (Å²) in [7, 11) is 0. The number of urea groups is 1. The molecule has 5 heteroatoms. The maximum absolute atomic E-state index is 12.3. The third-order valence-electron chi connectivity index (χ3n) is 3.39. The first kappa shape index (κ1) is 16.0. The van der Waals surface area contributed by atoms with Crippen molar-refractivity contribution in [1.29, 1.82) is 0 Å². The van der Waals surface area contributed by atoms with Crippen molar-refractivity contribution in [2.75, 3.05) is 11.4 Å². The van der Waals surface area contributed by atoms with Crippen molar-refractivity contribution in [1.82, 2.24) is 5.32 Å². The highest BCUT2D eigenvalue weighted by Gasteiger charge is 2.27. The van der Waals surface area contributed by atoms with Crippen LogP contribution < -0.4 is 10.2 Å². The van der Waals surface area contributed by atoms with E-state index in [-0.39, 0.29) is 11.9 Å². The van der Waals surface area contributed by atoms with Crippen molar-refractivity contribution >= 4 is 17.7 Å². The van der Waals surface area contributed by atoms with E-state index < -0.39 is 12.0 Å². The molecular formula is C15H22N2O3. The first-order valence-corrected chi connectivity index (χ1v) is 6.87. The molecule has 0 fully saturated rings. The number of carbonyl (C=O) groups is 2. The van der Waals surface area contributed by atoms with Crippen molar-refractivity contribution in [2.45, 2.75) is 33.2 Å². The lowest BCUT2D eigenvalue weighted by Crippen LogP contribution is -2.50. The molecule has 2 amide bonds. The fourth-order valence-electron chi connectivity index (χ4n) is 1.95. The summed E-state index contributed by atoms with van der Waals surface area (Å²) in [6, 6.07) is 7.94. The lowest BCUT2D eigenvalue weighted by atomic mass is 9.99. The Bertz CT molecular complexity index is 448. The summed E-state index contributed by atoms with van der Waals surface area (Å²) >= 11 is 0. The molecule has 0 heterocycles. The highest BCUT2D eigenvalue weighted by molar-refractivity contribution is 5.94. The van der Waals surface area contributed by atoms with Gasteiger partial charge in [0.25, 0.3) is 0 Å². The highest BCUT2D eigenvalue weighted by atomic mass is 16.4. The molecular weight excluding hydrogens is 256 g/mol. The minimum atomic E-state index is -1.00. The molecule has 1 aromatic carbocycles. The summed E-state index contributed by atoms with van der Waals surface area (Å²) in [6.07, 6.45) is 0.689. The van der Waals surface area contributed by atoms with Gasteiger partial charge in [0, 0.05) is 12.2 Å². The second-order valence-electron chi connectivity index (χ2n) is 4.73. The van der Waals surface area contributed by atoms with Crippen molar-refractivity contribution in [3.63, 3.8) is 0 Å². The number of hydrogen-bond donors (Lipinski definition) is 2. The fourth-order valence-corrected chi connectivity index (χ4v) is 1.95. The molecule has 0 bridgehead atoms. The van der Waals surface area contributed by atoms with Gasteiger partial charge in [-0.3, -0.25) is 4.90 Å². The van der Waals surface area contributed by atoms with Crippen molar-refractivity contribution in [3.05, 3.63) is 30.3 Å². The number of carbonyl (C=O) groups excluding carboxylic acids is 1. The van der Waals surface area contributed by atoms with Gasteiger partial charge in [0.05, 0.1) is 0 Å². The number of hydrogen-bond acceptors (Lipinski definition) is 2. The number of benzene rings is 1. The van der Waals surface area contributed by atoms with E-state index in [0.29, 0.717) is 13.0 Å². The first-order chi connectivity index (χ1) is 9.51. The Balaban J connectivity index is 2.84. The van der Waals surface area contributed by atoms with E-state index in [4.69, 9.17) is 0 Å². The van der Waals surface area contributed by atoms with E-state index >= 15 is 0 Å². The van der Waals surface area contributed by atoms with Gasteiger partial charge in [-0.25, -0.2) is 9.59 Å². The van der Waals surface area contributed by atoms with Gasteiger partial charge in [0.2, 0.25) is 0 Å². The topological polar surface area (TPSA) is 69.6 Å². The number of aliphatic carboxylic acids is 1. The summed E-state index contributed by atoms with van der Waals surface area (Å²) < 4.78 is 0. The van der Waals surface area contributed by atoms with Crippen molar-refractivity contribution < 1.29 is 14.7 Å². The highest BCUT2D eigenvalue weighted by Crippen LogP contribution is 2.14. The Morgan fingerprint density at radius 1 is 1.25 bits per heavy atom. The number of carboxylic acids is 1. The third-order valence-corrected chi connectivity index (χ3v) is 3.39. The molecule has 0 unspecified atom stereocenters. The fraction of sp³-hybridized carbons (Fsp3) is 0.467. The van der Waals surface area contributed by atoms with E-state index in [9.17, 15) is 14.7 Å². The summed E-state index contributed by atoms with van der Waals surface area (Å²) in [4.78, 5) is 25.0. The molecule has 20 heavy (non-hydrogen) atoms. The second-order valence-corrected chi connectivity index (χ2v) is 4.73. The number of rotatable bonds is 6. The molecule has 0 aromatic heterocycles. The van der Waals surface area contributed by atoms with Crippen LogP contribution in [0.25, 0.3) is 0 Å². The lowest BCUT2D eigenvalue weighted by Gasteiger charge is -2.26. The number of anilines is 1. The molecule has 2 N–H and O–H groups in total. The van der Waals surface area contributed by atoms with E-state index in [0.717, 1.165) is 5.69 Å². The molecule has 0 aliphatic carbocycles. The van der Waals surface area contributed by atoms with Gasteiger partial charge in [-0.2, -0.15) is 0 Å². The molecule has 0 radical (unpaired) electrons. The SMILES string of the molecule is CC[C@H](C)[C@H](NC(=O)N(CC)c1ccccc1)C(=O)O. The molecule has 110 valence electrons. The van der Waals surface area contributed by atoms with E-state index in [1.807, 2.05) is 51.1 Å². The molecule has 0 spiro atoms. The van der Waals surface area contributed by atoms with Crippen molar-refractivity contribution in [3.8, 4) is 0 Å². The van der Waals surface area contributed by atoms with Gasteiger partial charge in [-0.1, -0.05) is 38.5 Å². The first-order valence-electron chi connectivity index (χ1n) is 6.87. The molecule has 0 aliphatic rings. The average molecular weight is 278 g/mol. The normalized spacial score (nSPS) is 13.3. The quantitative estimate of drug-likeness (QED) is 0.840. The standard InChI is InChI=1S/C15H22N2O3/c1-4-11(3)13(14(18)19)16-15(20)17(5-2)12-9-7-6-8-10-12/h6-11,13H,4-5H2,1-3H3,(H,16,20)(H,18,19)/t11-,13-/m0/s1. The Morgan fingerprint density at radius 2 is 1.85 bits per heavy atom. The van der Waals surface area contributed by atoms with Crippen LogP contribution in [0.1, 0.15) is 27.2 Å². The minimum Gasteiger partial charge on any atom is -0.480 e. The van der Waals surface area contributed by atoms with Crippen LogP contribution in [0.5, 0.6) is 0 Å². The van der Waals surface area contributed by atoms with Crippen LogP contribution in [0.4, 0.5) is 10.5 Å². The monoisotopic (exact) mass is 278 g/mol. The summed E-state index contributed by atoms with van der Waals surface area (Å²) in [5, 5.41) is 11.8. The van der Waals surface area contributed by atoms with Crippen LogP contribution in [0.3, 0.4) is 0 Å². The van der Waals surface area contributed by atoms with Crippen LogP contribution in [0, 0.1) is 5.92 Å². The molecule has 5 nitrogen and oxygen atoms in total. The van der Waals surface area contributed by atoms with Gasteiger partial charge in [0.1, 0.15) is 6.04 Å². The molecule has 1 rings (SSSR count). The van der Waals surface area contributed by atoms with Gasteiger partial charge in [0.15, 0.2) is 0 Å². The van der Waals surface area contributed by atoms with E-state index in [2.05, 4.69) is 5.32 Å². The minimum absolute atomic E-state index is 0.120. The Morgan fingerprint density at radius 3 is 2.30 bits per heavy atom. The van der Waals surface area contributed by atoms with Crippen LogP contribution in [-0.4, -0.2) is 29.7 Å². The Hall–Kier alpha value is -2.04. The lowest BCUT2D eigenvalue weighted by molar-refractivity contribution is -0.140. The Kier molecular flexibility index (Phi) is 6.03.